The number of nitrogens with zero attached hydrogens (tertiary/aromatic N) is 2. The molecule has 5 nitrogen and oxygen atoms in total. The molecule has 0 aliphatic carbocycles. The second kappa shape index (κ2) is 11.3. The van der Waals surface area contributed by atoms with Gasteiger partial charge in [-0.05, 0) is 30.0 Å². The number of carbonyl (C=O) groups excluding carboxylic acids is 2. The van der Waals surface area contributed by atoms with Gasteiger partial charge in [-0.1, -0.05) is 57.5 Å². The molecule has 1 heterocycles. The van der Waals surface area contributed by atoms with Crippen molar-refractivity contribution in [3.63, 3.8) is 0 Å². The fraction of sp³-hybridized carbons (Fsp3) is 0.478. The van der Waals surface area contributed by atoms with E-state index in [1.165, 1.54) is 0 Å². The molecule has 0 saturated carbocycles. The summed E-state index contributed by atoms with van der Waals surface area (Å²) < 4.78 is 5.45. The zero-order valence-corrected chi connectivity index (χ0v) is 17.3. The fourth-order valence-electron chi connectivity index (χ4n) is 3.07. The molecule has 2 amide bonds. The number of furan rings is 1. The van der Waals surface area contributed by atoms with Gasteiger partial charge < -0.3 is 14.2 Å². The monoisotopic (exact) mass is 384 g/mol. The van der Waals surface area contributed by atoms with Crippen LogP contribution in [-0.4, -0.2) is 34.7 Å². The van der Waals surface area contributed by atoms with Crippen LogP contribution in [0, 0.1) is 5.92 Å². The molecule has 0 unspecified atom stereocenters. The van der Waals surface area contributed by atoms with Crippen LogP contribution < -0.4 is 0 Å². The highest BCUT2D eigenvalue weighted by atomic mass is 16.3. The molecule has 152 valence electrons. The lowest BCUT2D eigenvalue weighted by Gasteiger charge is -2.28. The lowest BCUT2D eigenvalue weighted by atomic mass is 10.1. The van der Waals surface area contributed by atoms with Gasteiger partial charge in [0.1, 0.15) is 5.76 Å². The number of carbonyl (C=O) groups is 2. The van der Waals surface area contributed by atoms with Gasteiger partial charge in [0.2, 0.25) is 11.8 Å². The Kier molecular flexibility index (Phi) is 8.79. The fourth-order valence-corrected chi connectivity index (χ4v) is 3.07. The van der Waals surface area contributed by atoms with Gasteiger partial charge in [-0.2, -0.15) is 0 Å². The van der Waals surface area contributed by atoms with Crippen molar-refractivity contribution in [2.45, 2.75) is 53.1 Å². The third-order valence-electron chi connectivity index (χ3n) is 4.50. The first-order valence-corrected chi connectivity index (χ1v) is 10.1. The standard InChI is InChI=1S/C23H32N2O3/c1-4-5-13-22(26)24(15-19(2)3)18-23(27)25(17-21-12-9-14-28-21)16-20-10-7-6-8-11-20/h6-12,14,19H,4-5,13,15-18H2,1-3H3. The van der Waals surface area contributed by atoms with Gasteiger partial charge in [0.15, 0.2) is 0 Å². The quantitative estimate of drug-likeness (QED) is 0.574. The molecule has 5 heteroatoms. The van der Waals surface area contributed by atoms with Crippen molar-refractivity contribution in [3.05, 3.63) is 60.1 Å². The van der Waals surface area contributed by atoms with Gasteiger partial charge in [-0.3, -0.25) is 9.59 Å². The number of amides is 2. The number of hydrogen-bond acceptors (Lipinski definition) is 3. The Morgan fingerprint density at radius 2 is 1.71 bits per heavy atom. The summed E-state index contributed by atoms with van der Waals surface area (Å²) in [5.41, 5.74) is 1.05. The van der Waals surface area contributed by atoms with Crippen molar-refractivity contribution < 1.29 is 14.0 Å². The largest absolute Gasteiger partial charge is 0.467 e. The maximum Gasteiger partial charge on any atom is 0.242 e. The van der Waals surface area contributed by atoms with E-state index >= 15 is 0 Å². The number of unbranched alkanes of at least 4 members (excludes halogenated alkanes) is 1. The molecule has 1 aromatic heterocycles. The summed E-state index contributed by atoms with van der Waals surface area (Å²) in [6.07, 6.45) is 3.92. The second-order valence-electron chi connectivity index (χ2n) is 7.59. The van der Waals surface area contributed by atoms with E-state index in [-0.39, 0.29) is 18.4 Å². The Morgan fingerprint density at radius 1 is 0.964 bits per heavy atom. The molecular weight excluding hydrogens is 352 g/mol. The zero-order chi connectivity index (χ0) is 20.4. The molecule has 0 saturated heterocycles. The van der Waals surface area contributed by atoms with E-state index in [1.54, 1.807) is 16.1 Å². The molecule has 0 atom stereocenters. The predicted octanol–water partition coefficient (Wildman–Crippen LogP) is 4.48. The van der Waals surface area contributed by atoms with E-state index in [1.807, 2.05) is 42.5 Å². The Morgan fingerprint density at radius 3 is 2.32 bits per heavy atom. The van der Waals surface area contributed by atoms with Gasteiger partial charge in [-0.25, -0.2) is 0 Å². The zero-order valence-electron chi connectivity index (χ0n) is 17.3. The molecule has 28 heavy (non-hydrogen) atoms. The summed E-state index contributed by atoms with van der Waals surface area (Å²) in [6, 6.07) is 13.6. The van der Waals surface area contributed by atoms with Crippen LogP contribution in [0.15, 0.2) is 53.1 Å². The summed E-state index contributed by atoms with van der Waals surface area (Å²) in [6.45, 7) is 7.77. The molecule has 0 radical (unpaired) electrons. The van der Waals surface area contributed by atoms with Crippen LogP contribution in [0.1, 0.15) is 51.4 Å². The van der Waals surface area contributed by atoms with Crippen molar-refractivity contribution in [3.8, 4) is 0 Å². The molecule has 1 aromatic carbocycles. The van der Waals surface area contributed by atoms with Crippen molar-refractivity contribution in [1.29, 1.82) is 0 Å². The third-order valence-corrected chi connectivity index (χ3v) is 4.50. The molecule has 0 fully saturated rings. The summed E-state index contributed by atoms with van der Waals surface area (Å²) in [4.78, 5) is 29.2. The maximum atomic E-state index is 13.1. The summed E-state index contributed by atoms with van der Waals surface area (Å²) >= 11 is 0. The Balaban J connectivity index is 2.12. The molecule has 0 N–H and O–H groups in total. The Hall–Kier alpha value is -2.56. The van der Waals surface area contributed by atoms with E-state index in [4.69, 9.17) is 4.42 Å². The van der Waals surface area contributed by atoms with E-state index in [0.29, 0.717) is 32.0 Å². The molecule has 0 bridgehead atoms. The van der Waals surface area contributed by atoms with Crippen LogP contribution in [0.5, 0.6) is 0 Å². The average Bonchev–Trinajstić information content (AvgIpc) is 3.18. The van der Waals surface area contributed by atoms with Crippen LogP contribution >= 0.6 is 0 Å². The van der Waals surface area contributed by atoms with E-state index in [2.05, 4.69) is 20.8 Å². The molecule has 2 aromatic rings. The van der Waals surface area contributed by atoms with Gasteiger partial charge in [0, 0.05) is 19.5 Å². The Labute approximate surface area is 168 Å². The van der Waals surface area contributed by atoms with E-state index in [9.17, 15) is 9.59 Å². The highest BCUT2D eigenvalue weighted by Crippen LogP contribution is 2.13. The molecule has 0 aliphatic heterocycles. The first-order chi connectivity index (χ1) is 13.5. The average molecular weight is 385 g/mol. The minimum absolute atomic E-state index is 0.0570. The SMILES string of the molecule is CCCCC(=O)N(CC(=O)N(Cc1ccccc1)Cc1ccco1)CC(C)C. The van der Waals surface area contributed by atoms with Crippen molar-refractivity contribution in [1.82, 2.24) is 9.80 Å². The molecule has 0 aliphatic rings. The lowest BCUT2D eigenvalue weighted by molar-refractivity contribution is -0.141. The van der Waals surface area contributed by atoms with Gasteiger partial charge in [0.25, 0.3) is 0 Å². The normalized spacial score (nSPS) is 10.9. The van der Waals surface area contributed by atoms with Crippen LogP contribution in [0.3, 0.4) is 0 Å². The Bertz CT molecular complexity index is 711. The minimum atomic E-state index is -0.0641. The third kappa shape index (κ3) is 7.22. The first-order valence-electron chi connectivity index (χ1n) is 10.1. The van der Waals surface area contributed by atoms with Crippen molar-refractivity contribution in [2.24, 2.45) is 5.92 Å². The van der Waals surface area contributed by atoms with Crippen LogP contribution in [0.25, 0.3) is 0 Å². The topological polar surface area (TPSA) is 53.8 Å². The number of rotatable bonds is 11. The minimum Gasteiger partial charge on any atom is -0.467 e. The number of benzene rings is 1. The van der Waals surface area contributed by atoms with Crippen LogP contribution in [-0.2, 0) is 22.7 Å². The summed E-state index contributed by atoms with van der Waals surface area (Å²) in [7, 11) is 0. The number of hydrogen-bond donors (Lipinski definition) is 0. The molecule has 2 rings (SSSR count). The molecule has 0 spiro atoms. The first kappa shape index (κ1) is 21.7. The van der Waals surface area contributed by atoms with Gasteiger partial charge in [-0.15, -0.1) is 0 Å². The maximum absolute atomic E-state index is 13.1. The van der Waals surface area contributed by atoms with Gasteiger partial charge in [0.05, 0.1) is 19.4 Å². The van der Waals surface area contributed by atoms with E-state index < -0.39 is 0 Å². The predicted molar refractivity (Wildman–Crippen MR) is 110 cm³/mol. The highest BCUT2D eigenvalue weighted by Gasteiger charge is 2.22. The van der Waals surface area contributed by atoms with Crippen molar-refractivity contribution in [2.75, 3.05) is 13.1 Å². The van der Waals surface area contributed by atoms with Gasteiger partial charge >= 0.3 is 0 Å². The van der Waals surface area contributed by atoms with E-state index in [0.717, 1.165) is 24.2 Å². The summed E-state index contributed by atoms with van der Waals surface area (Å²) in [5.74, 6) is 1.04. The summed E-state index contributed by atoms with van der Waals surface area (Å²) in [5, 5.41) is 0. The highest BCUT2D eigenvalue weighted by molar-refractivity contribution is 5.84. The van der Waals surface area contributed by atoms with Crippen LogP contribution in [0.4, 0.5) is 0 Å². The van der Waals surface area contributed by atoms with Crippen LogP contribution in [0.2, 0.25) is 0 Å². The smallest absolute Gasteiger partial charge is 0.242 e. The van der Waals surface area contributed by atoms with Crippen molar-refractivity contribution >= 4 is 11.8 Å². The lowest BCUT2D eigenvalue weighted by Crippen LogP contribution is -2.43. The molecular formula is C23H32N2O3. The second-order valence-corrected chi connectivity index (χ2v) is 7.59.